The summed E-state index contributed by atoms with van der Waals surface area (Å²) in [7, 11) is 1.79. The monoisotopic (exact) mass is 447 g/mol. The molecule has 0 spiro atoms. The first kappa shape index (κ1) is 21.2. The highest BCUT2D eigenvalue weighted by atomic mass is 127. The van der Waals surface area contributed by atoms with Gasteiger partial charge in [-0.3, -0.25) is 4.99 Å². The predicted molar refractivity (Wildman–Crippen MR) is 109 cm³/mol. The van der Waals surface area contributed by atoms with Gasteiger partial charge in [0.25, 0.3) is 0 Å². The zero-order valence-electron chi connectivity index (χ0n) is 14.5. The van der Waals surface area contributed by atoms with Crippen LogP contribution in [0, 0.1) is 0 Å². The topological polar surface area (TPSA) is 54.9 Å². The van der Waals surface area contributed by atoms with Crippen molar-refractivity contribution < 1.29 is 9.47 Å². The summed E-state index contributed by atoms with van der Waals surface area (Å²) in [5, 5.41) is 6.60. The molecule has 1 saturated heterocycles. The molecular formula is C18H30IN3O2. The van der Waals surface area contributed by atoms with E-state index in [-0.39, 0.29) is 24.0 Å². The molecule has 6 heteroatoms. The van der Waals surface area contributed by atoms with E-state index in [1.165, 1.54) is 5.56 Å². The highest BCUT2D eigenvalue weighted by Gasteiger charge is 2.14. The van der Waals surface area contributed by atoms with Crippen LogP contribution in [0.5, 0.6) is 0 Å². The molecule has 1 aromatic carbocycles. The Morgan fingerprint density at radius 3 is 2.75 bits per heavy atom. The average molecular weight is 447 g/mol. The fourth-order valence-corrected chi connectivity index (χ4v) is 2.60. The van der Waals surface area contributed by atoms with Crippen LogP contribution in [0.15, 0.2) is 35.3 Å². The maximum Gasteiger partial charge on any atom is 0.191 e. The summed E-state index contributed by atoms with van der Waals surface area (Å²) in [5.41, 5.74) is 1.37. The summed E-state index contributed by atoms with van der Waals surface area (Å²) in [4.78, 5) is 4.22. The number of nitrogens with one attached hydrogen (secondary N) is 2. The average Bonchev–Trinajstić information content (AvgIpc) is 3.11. The largest absolute Gasteiger partial charge is 0.377 e. The van der Waals surface area contributed by atoms with E-state index in [0.717, 1.165) is 51.3 Å². The summed E-state index contributed by atoms with van der Waals surface area (Å²) in [6.07, 6.45) is 4.74. The summed E-state index contributed by atoms with van der Waals surface area (Å²) in [5.74, 6) is 0.832. The number of ether oxygens (including phenoxy) is 2. The Morgan fingerprint density at radius 1 is 1.25 bits per heavy atom. The van der Waals surface area contributed by atoms with Crippen molar-refractivity contribution in [1.29, 1.82) is 0 Å². The van der Waals surface area contributed by atoms with Gasteiger partial charge in [0.2, 0.25) is 0 Å². The molecule has 1 atom stereocenters. The number of nitrogens with zero attached hydrogens (tertiary/aromatic N) is 1. The molecule has 0 bridgehead atoms. The lowest BCUT2D eigenvalue weighted by Gasteiger charge is -2.13. The molecule has 0 radical (unpaired) electrons. The molecule has 0 aromatic heterocycles. The van der Waals surface area contributed by atoms with Gasteiger partial charge in [0.15, 0.2) is 5.96 Å². The number of hydrogen-bond acceptors (Lipinski definition) is 3. The second-order valence-electron chi connectivity index (χ2n) is 5.72. The highest BCUT2D eigenvalue weighted by molar-refractivity contribution is 14.0. The van der Waals surface area contributed by atoms with Crippen molar-refractivity contribution >= 4 is 29.9 Å². The third-order valence-corrected chi connectivity index (χ3v) is 3.87. The fourth-order valence-electron chi connectivity index (χ4n) is 2.60. The SMILES string of the molecule is CN=C(NCCCc1ccccc1)NCCOCC1CCCO1.I. The Balaban J connectivity index is 0.00000288. The second kappa shape index (κ2) is 13.4. The van der Waals surface area contributed by atoms with E-state index in [0.29, 0.717) is 19.3 Å². The Kier molecular flexibility index (Phi) is 11.9. The van der Waals surface area contributed by atoms with E-state index in [4.69, 9.17) is 9.47 Å². The minimum Gasteiger partial charge on any atom is -0.377 e. The van der Waals surface area contributed by atoms with Crippen LogP contribution in [0.1, 0.15) is 24.8 Å². The Hall–Kier alpha value is -0.860. The van der Waals surface area contributed by atoms with Crippen LogP contribution >= 0.6 is 24.0 Å². The number of aliphatic imine (C=N–C) groups is 1. The van der Waals surface area contributed by atoms with Gasteiger partial charge in [0.05, 0.1) is 19.3 Å². The zero-order valence-corrected chi connectivity index (χ0v) is 16.8. The standard InChI is InChI=1S/C18H29N3O2.HI/c1-19-18(20-11-5-9-16-7-3-2-4-8-16)21-12-14-22-15-17-10-6-13-23-17;/h2-4,7-8,17H,5-6,9-15H2,1H3,(H2,19,20,21);1H. The lowest BCUT2D eigenvalue weighted by molar-refractivity contribution is 0.0191. The van der Waals surface area contributed by atoms with Crippen molar-refractivity contribution in [2.45, 2.75) is 31.8 Å². The van der Waals surface area contributed by atoms with Gasteiger partial charge in [-0.15, -0.1) is 24.0 Å². The molecule has 1 aliphatic heterocycles. The van der Waals surface area contributed by atoms with Gasteiger partial charge < -0.3 is 20.1 Å². The number of guanidine groups is 1. The maximum atomic E-state index is 5.63. The first-order valence-corrected chi connectivity index (χ1v) is 8.56. The summed E-state index contributed by atoms with van der Waals surface area (Å²) in [6.45, 7) is 3.91. The van der Waals surface area contributed by atoms with Crippen LogP contribution in [0.25, 0.3) is 0 Å². The molecule has 1 unspecified atom stereocenters. The lowest BCUT2D eigenvalue weighted by atomic mass is 10.1. The summed E-state index contributed by atoms with van der Waals surface area (Å²) >= 11 is 0. The highest BCUT2D eigenvalue weighted by Crippen LogP contribution is 2.11. The molecule has 2 N–H and O–H groups in total. The van der Waals surface area contributed by atoms with Gasteiger partial charge in [0, 0.05) is 26.7 Å². The number of benzene rings is 1. The Bertz CT molecular complexity index is 451. The van der Waals surface area contributed by atoms with Crippen molar-refractivity contribution in [1.82, 2.24) is 10.6 Å². The van der Waals surface area contributed by atoms with Crippen LogP contribution < -0.4 is 10.6 Å². The number of hydrogen-bond donors (Lipinski definition) is 2. The molecule has 136 valence electrons. The summed E-state index contributed by atoms with van der Waals surface area (Å²) in [6, 6.07) is 10.5. The van der Waals surface area contributed by atoms with Crippen molar-refractivity contribution in [2.24, 2.45) is 4.99 Å². The molecule has 24 heavy (non-hydrogen) atoms. The zero-order chi connectivity index (χ0) is 16.2. The first-order chi connectivity index (χ1) is 11.4. The van der Waals surface area contributed by atoms with Crippen molar-refractivity contribution in [3.63, 3.8) is 0 Å². The smallest absolute Gasteiger partial charge is 0.191 e. The van der Waals surface area contributed by atoms with E-state index in [1.807, 2.05) is 0 Å². The Morgan fingerprint density at radius 2 is 2.04 bits per heavy atom. The number of rotatable bonds is 9. The van der Waals surface area contributed by atoms with Crippen molar-refractivity contribution in [3.8, 4) is 0 Å². The number of aryl methyl sites for hydroxylation is 1. The molecule has 1 aromatic rings. The normalized spacial score (nSPS) is 17.4. The second-order valence-corrected chi connectivity index (χ2v) is 5.72. The van der Waals surface area contributed by atoms with Crippen molar-refractivity contribution in [3.05, 3.63) is 35.9 Å². The van der Waals surface area contributed by atoms with E-state index in [2.05, 4.69) is 46.0 Å². The van der Waals surface area contributed by atoms with Gasteiger partial charge in [-0.1, -0.05) is 30.3 Å². The van der Waals surface area contributed by atoms with E-state index >= 15 is 0 Å². The van der Waals surface area contributed by atoms with Gasteiger partial charge in [-0.2, -0.15) is 0 Å². The van der Waals surface area contributed by atoms with Gasteiger partial charge in [-0.05, 0) is 31.2 Å². The van der Waals surface area contributed by atoms with Crippen LogP contribution in [0.2, 0.25) is 0 Å². The van der Waals surface area contributed by atoms with Crippen LogP contribution in [0.3, 0.4) is 0 Å². The molecular weight excluding hydrogens is 417 g/mol. The predicted octanol–water partition coefficient (Wildman–Crippen LogP) is 2.60. The van der Waals surface area contributed by atoms with E-state index < -0.39 is 0 Å². The van der Waals surface area contributed by atoms with Crippen molar-refractivity contribution in [2.75, 3.05) is 40.0 Å². The molecule has 0 saturated carbocycles. The van der Waals surface area contributed by atoms with E-state index in [1.54, 1.807) is 7.05 Å². The molecule has 1 aliphatic rings. The molecule has 1 heterocycles. The molecule has 2 rings (SSSR count). The quantitative estimate of drug-likeness (QED) is 0.265. The third kappa shape index (κ3) is 8.84. The maximum absolute atomic E-state index is 5.63. The molecule has 1 fully saturated rings. The minimum atomic E-state index is 0. The first-order valence-electron chi connectivity index (χ1n) is 8.56. The minimum absolute atomic E-state index is 0. The van der Waals surface area contributed by atoms with E-state index in [9.17, 15) is 0 Å². The fraction of sp³-hybridized carbons (Fsp3) is 0.611. The summed E-state index contributed by atoms with van der Waals surface area (Å²) < 4.78 is 11.1. The third-order valence-electron chi connectivity index (χ3n) is 3.87. The number of halogens is 1. The molecule has 0 aliphatic carbocycles. The van der Waals surface area contributed by atoms with Gasteiger partial charge in [-0.25, -0.2) is 0 Å². The lowest BCUT2D eigenvalue weighted by Crippen LogP contribution is -2.39. The van der Waals surface area contributed by atoms with Gasteiger partial charge in [0.1, 0.15) is 0 Å². The Labute approximate surface area is 162 Å². The van der Waals surface area contributed by atoms with Gasteiger partial charge >= 0.3 is 0 Å². The van der Waals surface area contributed by atoms with Crippen LogP contribution in [0.4, 0.5) is 0 Å². The molecule has 5 nitrogen and oxygen atoms in total. The molecule has 0 amide bonds. The van der Waals surface area contributed by atoms with Crippen LogP contribution in [-0.4, -0.2) is 52.0 Å². The van der Waals surface area contributed by atoms with Crippen LogP contribution in [-0.2, 0) is 15.9 Å².